The molecule has 6 nitrogen and oxygen atoms in total. The van der Waals surface area contributed by atoms with Crippen LogP contribution >= 0.6 is 0 Å². The van der Waals surface area contributed by atoms with Crippen molar-refractivity contribution in [1.29, 1.82) is 5.26 Å². The lowest BCUT2D eigenvalue weighted by Gasteiger charge is -2.11. The van der Waals surface area contributed by atoms with E-state index >= 15 is 0 Å². The minimum Gasteiger partial charge on any atom is -0.323 e. The number of rotatable bonds is 7. The van der Waals surface area contributed by atoms with Gasteiger partial charge in [-0.05, 0) is 35.2 Å². The summed E-state index contributed by atoms with van der Waals surface area (Å²) in [6, 6.07) is 22.9. The molecule has 3 aromatic carbocycles. The largest absolute Gasteiger partial charge is 0.323 e. The molecule has 31 heavy (non-hydrogen) atoms. The number of non-ortho nitro benzene ring substituents is 1. The third-order valence-corrected chi connectivity index (χ3v) is 5.43. The summed E-state index contributed by atoms with van der Waals surface area (Å²) in [7, 11) is 0. The first-order valence-corrected chi connectivity index (χ1v) is 10.3. The minimum absolute atomic E-state index is 0.0553. The number of aryl methyl sites for hydroxylation is 1. The molecule has 0 saturated carbocycles. The lowest BCUT2D eigenvalue weighted by atomic mass is 9.99. The van der Waals surface area contributed by atoms with Crippen LogP contribution in [0.1, 0.15) is 36.7 Å². The Labute approximate surface area is 180 Å². The number of unbranched alkanes of at least 4 members (excludes halogenated alkanes) is 1. The number of aromatic nitrogens is 2. The van der Waals surface area contributed by atoms with Crippen LogP contribution in [0.2, 0.25) is 0 Å². The molecule has 1 aromatic heterocycles. The van der Waals surface area contributed by atoms with Crippen LogP contribution < -0.4 is 0 Å². The number of hydrogen-bond donors (Lipinski definition) is 0. The van der Waals surface area contributed by atoms with Gasteiger partial charge in [-0.25, -0.2) is 4.98 Å². The maximum atomic E-state index is 11.1. The minimum atomic E-state index is -0.387. The zero-order valence-corrected chi connectivity index (χ0v) is 17.3. The van der Waals surface area contributed by atoms with E-state index in [1.54, 1.807) is 12.1 Å². The first-order valence-electron chi connectivity index (χ1n) is 10.3. The maximum absolute atomic E-state index is 11.1. The summed E-state index contributed by atoms with van der Waals surface area (Å²) < 4.78 is 2.15. The lowest BCUT2D eigenvalue weighted by molar-refractivity contribution is -0.384. The van der Waals surface area contributed by atoms with Gasteiger partial charge >= 0.3 is 0 Å². The number of nitro groups is 1. The Morgan fingerprint density at radius 2 is 1.87 bits per heavy atom. The van der Waals surface area contributed by atoms with Gasteiger partial charge in [0.05, 0.1) is 27.6 Å². The number of nitrogens with zero attached hydrogens (tertiary/aromatic N) is 4. The van der Waals surface area contributed by atoms with E-state index in [4.69, 9.17) is 4.98 Å². The van der Waals surface area contributed by atoms with Gasteiger partial charge in [0.15, 0.2) is 0 Å². The molecule has 154 valence electrons. The van der Waals surface area contributed by atoms with Gasteiger partial charge < -0.3 is 4.57 Å². The lowest BCUT2D eigenvalue weighted by Crippen LogP contribution is -2.05. The van der Waals surface area contributed by atoms with Crippen LogP contribution in [-0.4, -0.2) is 14.5 Å². The predicted molar refractivity (Wildman–Crippen MR) is 121 cm³/mol. The molecule has 0 N–H and O–H groups in total. The average molecular weight is 410 g/mol. The van der Waals surface area contributed by atoms with Crippen molar-refractivity contribution in [2.75, 3.05) is 0 Å². The van der Waals surface area contributed by atoms with E-state index in [0.717, 1.165) is 47.3 Å². The highest BCUT2D eigenvalue weighted by atomic mass is 16.6. The van der Waals surface area contributed by atoms with Crippen LogP contribution in [0.5, 0.6) is 0 Å². The Kier molecular flexibility index (Phi) is 5.76. The Morgan fingerprint density at radius 3 is 2.58 bits per heavy atom. The average Bonchev–Trinajstić information content (AvgIpc) is 3.14. The molecule has 1 heterocycles. The number of benzene rings is 3. The Balaban J connectivity index is 1.68. The molecule has 0 bridgehead atoms. The zero-order chi connectivity index (χ0) is 21.8. The molecule has 0 atom stereocenters. The molecule has 0 radical (unpaired) electrons. The van der Waals surface area contributed by atoms with Crippen LogP contribution in [0.25, 0.3) is 22.2 Å². The quantitative estimate of drug-likeness (QED) is 0.281. The third-order valence-electron chi connectivity index (χ3n) is 5.43. The summed E-state index contributed by atoms with van der Waals surface area (Å²) in [6.45, 7) is 2.77. The van der Waals surface area contributed by atoms with E-state index in [1.165, 1.54) is 6.07 Å². The number of fused-ring (bicyclic) bond motifs is 1. The van der Waals surface area contributed by atoms with Crippen molar-refractivity contribution in [3.8, 4) is 17.2 Å². The molecular weight excluding hydrogens is 388 g/mol. The standard InChI is InChI=1S/C25H22N4O2/c1-2-3-8-25-27-23-15-21(29(30)31)13-14-24(23)28(25)17-18-9-11-19(12-10-18)22-7-5-4-6-20(22)16-26/h4-7,9-15H,2-3,8,17H2,1H3. The summed E-state index contributed by atoms with van der Waals surface area (Å²) in [5, 5.41) is 20.5. The normalized spacial score (nSPS) is 10.8. The summed E-state index contributed by atoms with van der Waals surface area (Å²) in [5.41, 5.74) is 5.28. The summed E-state index contributed by atoms with van der Waals surface area (Å²) in [5.74, 6) is 0.941. The number of imidazole rings is 1. The molecule has 0 aliphatic carbocycles. The van der Waals surface area contributed by atoms with E-state index < -0.39 is 0 Å². The highest BCUT2D eigenvalue weighted by Crippen LogP contribution is 2.26. The molecule has 6 heteroatoms. The van der Waals surface area contributed by atoms with Crippen LogP contribution in [0, 0.1) is 21.4 Å². The molecule has 0 saturated heterocycles. The van der Waals surface area contributed by atoms with Gasteiger partial charge in [0, 0.05) is 25.1 Å². The summed E-state index contributed by atoms with van der Waals surface area (Å²) >= 11 is 0. The Bertz CT molecular complexity index is 1280. The van der Waals surface area contributed by atoms with Crippen molar-refractivity contribution in [2.24, 2.45) is 0 Å². The maximum Gasteiger partial charge on any atom is 0.271 e. The van der Waals surface area contributed by atoms with Crippen molar-refractivity contribution in [1.82, 2.24) is 9.55 Å². The molecule has 0 unspecified atom stereocenters. The molecule has 4 rings (SSSR count). The smallest absolute Gasteiger partial charge is 0.271 e. The van der Waals surface area contributed by atoms with E-state index in [9.17, 15) is 15.4 Å². The van der Waals surface area contributed by atoms with Crippen molar-refractivity contribution < 1.29 is 4.92 Å². The SMILES string of the molecule is CCCCc1nc2cc([N+](=O)[O-])ccc2n1Cc1ccc(-c2ccccc2C#N)cc1. The van der Waals surface area contributed by atoms with Crippen LogP contribution in [0.3, 0.4) is 0 Å². The second-order valence-electron chi connectivity index (χ2n) is 7.50. The first kappa shape index (κ1) is 20.3. The molecule has 0 amide bonds. The van der Waals surface area contributed by atoms with Crippen molar-refractivity contribution in [3.05, 3.63) is 93.8 Å². The van der Waals surface area contributed by atoms with Gasteiger partial charge in [-0.1, -0.05) is 55.8 Å². The molecule has 0 spiro atoms. The highest BCUT2D eigenvalue weighted by Gasteiger charge is 2.15. The molecule has 0 aliphatic heterocycles. The van der Waals surface area contributed by atoms with Gasteiger partial charge in [-0.2, -0.15) is 5.26 Å². The Hall–Kier alpha value is -3.98. The van der Waals surface area contributed by atoms with Crippen molar-refractivity contribution in [3.63, 3.8) is 0 Å². The van der Waals surface area contributed by atoms with Crippen molar-refractivity contribution in [2.45, 2.75) is 32.7 Å². The highest BCUT2D eigenvalue weighted by molar-refractivity contribution is 5.79. The fraction of sp³-hybridized carbons (Fsp3) is 0.200. The fourth-order valence-electron chi connectivity index (χ4n) is 3.79. The Morgan fingerprint density at radius 1 is 1.10 bits per heavy atom. The van der Waals surface area contributed by atoms with Crippen LogP contribution in [-0.2, 0) is 13.0 Å². The second-order valence-corrected chi connectivity index (χ2v) is 7.50. The molecular formula is C25H22N4O2. The van der Waals surface area contributed by atoms with Crippen LogP contribution in [0.4, 0.5) is 5.69 Å². The van der Waals surface area contributed by atoms with Crippen molar-refractivity contribution >= 4 is 16.7 Å². The summed E-state index contributed by atoms with van der Waals surface area (Å²) in [6.07, 6.45) is 2.89. The van der Waals surface area contributed by atoms with Gasteiger partial charge in [0.2, 0.25) is 0 Å². The molecule has 0 fully saturated rings. The molecule has 0 aliphatic rings. The van der Waals surface area contributed by atoms with Gasteiger partial charge in [0.1, 0.15) is 5.82 Å². The number of hydrogen-bond acceptors (Lipinski definition) is 4. The number of nitriles is 1. The topological polar surface area (TPSA) is 84.8 Å². The second kappa shape index (κ2) is 8.80. The predicted octanol–water partition coefficient (Wildman–Crippen LogP) is 5.87. The zero-order valence-electron chi connectivity index (χ0n) is 17.3. The first-order chi connectivity index (χ1) is 15.1. The monoisotopic (exact) mass is 410 g/mol. The van der Waals surface area contributed by atoms with E-state index in [1.807, 2.05) is 36.4 Å². The number of nitro benzene ring substituents is 1. The van der Waals surface area contributed by atoms with E-state index in [-0.39, 0.29) is 10.6 Å². The van der Waals surface area contributed by atoms with Crippen LogP contribution in [0.15, 0.2) is 66.7 Å². The third kappa shape index (κ3) is 4.17. The van der Waals surface area contributed by atoms with E-state index in [0.29, 0.717) is 17.6 Å². The van der Waals surface area contributed by atoms with Gasteiger partial charge in [-0.15, -0.1) is 0 Å². The summed E-state index contributed by atoms with van der Waals surface area (Å²) in [4.78, 5) is 15.5. The van der Waals surface area contributed by atoms with Gasteiger partial charge in [0.25, 0.3) is 5.69 Å². The molecule has 4 aromatic rings. The fourth-order valence-corrected chi connectivity index (χ4v) is 3.79. The van der Waals surface area contributed by atoms with Gasteiger partial charge in [-0.3, -0.25) is 10.1 Å². The van der Waals surface area contributed by atoms with E-state index in [2.05, 4.69) is 29.7 Å².